The van der Waals surface area contributed by atoms with Gasteiger partial charge in [0.1, 0.15) is 42.3 Å². The third-order valence-electron chi connectivity index (χ3n) is 14.6. The van der Waals surface area contributed by atoms with E-state index in [2.05, 4.69) is 68.1 Å². The number of Topliss-reactive ketones (excluding diaryl/α,β-unsaturated/α-hetero) is 1. The van der Waals surface area contributed by atoms with Crippen LogP contribution in [0.1, 0.15) is 62.3 Å². The number of nitrogens with two attached hydrogens (primary N) is 2. The number of guanidine groups is 2. The Bertz CT molecular complexity index is 3420. The number of hydrogen-bond donors (Lipinski definition) is 17. The van der Waals surface area contributed by atoms with E-state index in [1.54, 1.807) is 18.3 Å². The van der Waals surface area contributed by atoms with Gasteiger partial charge in [0.25, 0.3) is 5.91 Å². The van der Waals surface area contributed by atoms with E-state index < -0.39 is 133 Å². The van der Waals surface area contributed by atoms with Crippen molar-refractivity contribution in [2.75, 3.05) is 31.1 Å². The number of nitrogens with zero attached hydrogens (tertiary/aromatic N) is 2. The van der Waals surface area contributed by atoms with Crippen molar-refractivity contribution in [1.82, 2.24) is 73.0 Å². The van der Waals surface area contributed by atoms with Gasteiger partial charge in [0, 0.05) is 79.3 Å². The molecule has 0 aliphatic carbocycles. The lowest BCUT2D eigenvalue weighted by Gasteiger charge is -2.28. The third-order valence-corrected chi connectivity index (χ3v) is 17.0. The summed E-state index contributed by atoms with van der Waals surface area (Å²) in [7, 11) is 1.91. The molecule has 0 unspecified atom stereocenters. The van der Waals surface area contributed by atoms with Gasteiger partial charge in [-0.1, -0.05) is 82.3 Å². The highest BCUT2D eigenvalue weighted by Crippen LogP contribution is 2.25. The van der Waals surface area contributed by atoms with E-state index in [9.17, 15) is 53.1 Å². The zero-order chi connectivity index (χ0) is 64.1. The first-order valence-electron chi connectivity index (χ1n) is 28.5. The number of para-hydroxylation sites is 1. The summed E-state index contributed by atoms with van der Waals surface area (Å²) >= 11 is 0. The van der Waals surface area contributed by atoms with Crippen LogP contribution in [0.3, 0.4) is 0 Å². The minimum absolute atomic E-state index is 0.0445. The molecule has 0 saturated carbocycles. The molecule has 2 saturated heterocycles. The number of aromatic nitrogens is 3. The van der Waals surface area contributed by atoms with Crippen LogP contribution in [0.4, 0.5) is 4.79 Å². The Hall–Kier alpha value is -9.72. The number of hydrogen-bond acceptors (Lipinski definition) is 16. The third kappa shape index (κ3) is 19.6. The molecule has 2 fully saturated rings. The summed E-state index contributed by atoms with van der Waals surface area (Å²) < 4.78 is 0. The Labute approximate surface area is 517 Å². The van der Waals surface area contributed by atoms with Gasteiger partial charge >= 0.3 is 12.0 Å². The van der Waals surface area contributed by atoms with Crippen molar-refractivity contribution in [2.45, 2.75) is 113 Å². The van der Waals surface area contributed by atoms with Crippen LogP contribution in [0.5, 0.6) is 0 Å². The lowest BCUT2D eigenvalue weighted by molar-refractivity contribution is -0.139. The van der Waals surface area contributed by atoms with E-state index >= 15 is 4.79 Å². The van der Waals surface area contributed by atoms with Gasteiger partial charge < -0.3 is 79.7 Å². The number of H-pyrrole nitrogens is 2. The van der Waals surface area contributed by atoms with Gasteiger partial charge in [0.05, 0.1) is 18.9 Å². The van der Waals surface area contributed by atoms with E-state index in [0.29, 0.717) is 21.7 Å². The Morgan fingerprint density at radius 1 is 0.697 bits per heavy atom. The van der Waals surface area contributed by atoms with Crippen LogP contribution in [-0.2, 0) is 67.2 Å². The molecule has 8 atom stereocenters. The molecular weight excluding hydrogens is 1190 g/mol. The van der Waals surface area contributed by atoms with Crippen LogP contribution in [0.2, 0.25) is 0 Å². The number of urea groups is 1. The predicted molar refractivity (Wildman–Crippen MR) is 330 cm³/mol. The molecule has 0 spiro atoms. The van der Waals surface area contributed by atoms with Crippen molar-refractivity contribution >= 4 is 120 Å². The predicted octanol–water partition coefficient (Wildman–Crippen LogP) is -1.24. The standard InChI is InChI=1S/C57H72N18O12S2/c1-30(76)43-27-88-89-28-44(74-54(86)45(13-7-19-64-56(60)61)75-46(77)26-66-57(75)87)53(85)69-39(16-17-47(78)79)49(81)72-42(23-35-25-62-29-67-35)52(84)70-40(21-31-14-15-32-8-2-3-9-33(32)20-31)50(82)68-38(12-6-18-63-55(58)59)48(80)71-41(51(83)73-43)22-34-24-65-37-11-5-4-10-36(34)37/h2-5,8-11,14-15,20,24-25,29,38-45,65H,6-7,12-13,16-19,21-23,26-28H2,1H3,(H,62,67)(H,66,87)(H,68,82)(H,69,85)(H,70,84)(H,71,80)(H,72,81)(H,73,83)(H,74,86)(H,78,79)(H4,58,59,63)(H4,60,61,64)/t38-,39-,40+,41-,42-,43-,44-,45-/m0/s1. The second-order valence-corrected chi connectivity index (χ2v) is 23.7. The number of benzene rings is 3. The summed E-state index contributed by atoms with van der Waals surface area (Å²) in [5.74, 6) is -10.6. The zero-order valence-corrected chi connectivity index (χ0v) is 50.0. The average Bonchev–Trinajstić information content (AvgIpc) is 3.31. The van der Waals surface area contributed by atoms with Gasteiger partial charge in [0.15, 0.2) is 17.7 Å². The molecule has 0 bridgehead atoms. The molecule has 2 aliphatic heterocycles. The molecule has 5 aromatic rings. The second kappa shape index (κ2) is 32.3. The first-order chi connectivity index (χ1) is 42.6. The minimum atomic E-state index is -1.74. The fraction of sp³-hybridized carbons (Fsp3) is 0.404. The van der Waals surface area contributed by atoms with E-state index in [4.69, 9.17) is 22.3 Å². The van der Waals surface area contributed by atoms with Crippen molar-refractivity contribution < 1.29 is 57.8 Å². The van der Waals surface area contributed by atoms with Gasteiger partial charge in [0.2, 0.25) is 41.4 Å². The van der Waals surface area contributed by atoms with Crippen LogP contribution in [0.25, 0.3) is 21.7 Å². The SMILES string of the molecule is CC(=O)[C@@H]1CSSC[C@H](NC(=O)[C@H](CCCNC(=N)N)N2C(=O)CNC2=O)C(=O)N[C@@H](CCC(=O)O)C(=O)N[C@@H](Cc2cnc[nH]2)C(=O)N[C@H](Cc2ccc3ccccc3c2)C(=O)N[C@@H](CCCNC(=N)N)C(=O)N[C@@H](Cc2c[nH]c3ccccc23)C(=O)N1. The van der Waals surface area contributed by atoms with Crippen molar-refractivity contribution in [3.8, 4) is 0 Å². The molecule has 4 heterocycles. The average molecular weight is 1270 g/mol. The minimum Gasteiger partial charge on any atom is -0.481 e. The normalized spacial score (nSPS) is 21.4. The fourth-order valence-corrected chi connectivity index (χ4v) is 12.3. The molecule has 2 aromatic heterocycles. The number of carboxylic acid groups (broad SMARTS) is 1. The summed E-state index contributed by atoms with van der Waals surface area (Å²) in [4.78, 5) is 166. The molecule has 32 heteroatoms. The monoisotopic (exact) mass is 1260 g/mol. The number of amides is 10. The summed E-state index contributed by atoms with van der Waals surface area (Å²) in [6, 6.07) is 6.98. The fourth-order valence-electron chi connectivity index (χ4n) is 9.92. The lowest BCUT2D eigenvalue weighted by atomic mass is 9.99. The van der Waals surface area contributed by atoms with E-state index in [1.165, 1.54) is 19.4 Å². The van der Waals surface area contributed by atoms with Gasteiger partial charge in [-0.2, -0.15) is 0 Å². The Balaban J connectivity index is 1.30. The molecule has 89 heavy (non-hydrogen) atoms. The van der Waals surface area contributed by atoms with Crippen LogP contribution < -0.4 is 64.6 Å². The maximum Gasteiger partial charge on any atom is 0.325 e. The van der Waals surface area contributed by atoms with Crippen LogP contribution >= 0.6 is 21.6 Å². The Morgan fingerprint density at radius 2 is 1.29 bits per heavy atom. The Morgan fingerprint density at radius 3 is 1.94 bits per heavy atom. The highest BCUT2D eigenvalue weighted by atomic mass is 33.1. The molecule has 30 nitrogen and oxygen atoms in total. The van der Waals surface area contributed by atoms with Crippen molar-refractivity contribution in [3.63, 3.8) is 0 Å². The molecule has 3 aromatic carbocycles. The van der Waals surface area contributed by atoms with E-state index in [-0.39, 0.29) is 81.5 Å². The highest BCUT2D eigenvalue weighted by molar-refractivity contribution is 8.76. The van der Waals surface area contributed by atoms with Gasteiger partial charge in [-0.15, -0.1) is 0 Å². The number of imide groups is 1. The molecule has 2 aliphatic rings. The quantitative estimate of drug-likeness (QED) is 0.0134. The van der Waals surface area contributed by atoms with Gasteiger partial charge in [-0.3, -0.25) is 63.7 Å². The number of aromatic amines is 2. The van der Waals surface area contributed by atoms with Crippen LogP contribution in [0.15, 0.2) is 85.5 Å². The number of fused-ring (bicyclic) bond motifs is 2. The molecule has 0 radical (unpaired) electrons. The largest absolute Gasteiger partial charge is 0.481 e. The number of rotatable bonds is 21. The summed E-state index contributed by atoms with van der Waals surface area (Å²) in [6.07, 6.45) is 2.39. The smallest absolute Gasteiger partial charge is 0.325 e. The van der Waals surface area contributed by atoms with Gasteiger partial charge in [-0.25, -0.2) is 9.78 Å². The Kier molecular flexibility index (Phi) is 24.3. The topological polar surface area (TPSA) is 476 Å². The van der Waals surface area contributed by atoms with E-state index in [1.807, 2.05) is 54.6 Å². The molecule has 474 valence electrons. The molecule has 7 rings (SSSR count). The summed E-state index contributed by atoms with van der Waals surface area (Å²) in [5.41, 5.74) is 13.2. The lowest BCUT2D eigenvalue weighted by Crippen LogP contribution is -2.61. The number of aliphatic carboxylic acids is 1. The van der Waals surface area contributed by atoms with Gasteiger partial charge in [-0.05, 0) is 67.0 Å². The highest BCUT2D eigenvalue weighted by Gasteiger charge is 2.41. The number of carboxylic acids is 1. The zero-order valence-electron chi connectivity index (χ0n) is 48.4. The maximum absolute atomic E-state index is 15.1. The first-order valence-corrected chi connectivity index (χ1v) is 31.0. The number of ketones is 1. The van der Waals surface area contributed by atoms with Crippen LogP contribution in [-0.4, -0.2) is 181 Å². The maximum atomic E-state index is 15.1. The molecule has 19 N–H and O–H groups in total. The molecule has 10 amide bonds. The van der Waals surface area contributed by atoms with Crippen LogP contribution in [0, 0.1) is 10.8 Å². The summed E-state index contributed by atoms with van der Waals surface area (Å²) in [6.45, 7) is 0.915. The van der Waals surface area contributed by atoms with Crippen molar-refractivity contribution in [3.05, 3.63) is 102 Å². The second-order valence-electron chi connectivity index (χ2n) is 21.2. The number of carbonyl (C=O) groups excluding carboxylic acids is 10. The van der Waals surface area contributed by atoms with Crippen molar-refractivity contribution in [1.29, 1.82) is 10.8 Å². The first kappa shape index (κ1) is 66.8. The van der Waals surface area contributed by atoms with Crippen molar-refractivity contribution in [2.24, 2.45) is 11.5 Å². The number of carbonyl (C=O) groups is 11. The number of nitrogens with one attached hydrogen (secondary N) is 14. The summed E-state index contributed by atoms with van der Waals surface area (Å²) in [5, 5.41) is 53.9. The molecular formula is C57H72N18O12S2. The van der Waals surface area contributed by atoms with E-state index in [0.717, 1.165) is 43.3 Å². The number of imidazole rings is 1.